The molecule has 1 nitrogen and oxygen atoms in total. The van der Waals surface area contributed by atoms with E-state index in [9.17, 15) is 5.11 Å². The summed E-state index contributed by atoms with van der Waals surface area (Å²) in [4.78, 5) is 1.20. The van der Waals surface area contributed by atoms with Gasteiger partial charge in [0.05, 0.1) is 6.10 Å². The molecular formula is C19H34OS. The molecule has 0 spiro atoms. The lowest BCUT2D eigenvalue weighted by molar-refractivity contribution is 0.166. The van der Waals surface area contributed by atoms with Crippen molar-refractivity contribution in [3.05, 3.63) is 21.9 Å². The second kappa shape index (κ2) is 12.2. The monoisotopic (exact) mass is 310 g/mol. The summed E-state index contributed by atoms with van der Waals surface area (Å²) in [5, 5.41) is 12.4. The third-order valence-electron chi connectivity index (χ3n) is 4.30. The van der Waals surface area contributed by atoms with Gasteiger partial charge in [0.1, 0.15) is 0 Å². The molecule has 1 atom stereocenters. The number of thiophene rings is 1. The van der Waals surface area contributed by atoms with Gasteiger partial charge in [-0.25, -0.2) is 0 Å². The molecule has 0 aliphatic carbocycles. The van der Waals surface area contributed by atoms with Gasteiger partial charge in [-0.05, 0) is 29.9 Å². The van der Waals surface area contributed by atoms with Crippen LogP contribution in [-0.2, 0) is 6.42 Å². The molecule has 2 heteroatoms. The lowest BCUT2D eigenvalue weighted by Crippen LogP contribution is -1.98. The third-order valence-corrected chi connectivity index (χ3v) is 5.36. The van der Waals surface area contributed by atoms with E-state index in [0.717, 1.165) is 19.3 Å². The predicted octanol–water partition coefficient (Wildman–Crippen LogP) is 6.65. The van der Waals surface area contributed by atoms with Gasteiger partial charge < -0.3 is 5.11 Å². The standard InChI is InChI=1S/C19H34OS/c1-3-5-6-7-8-9-10-11-12-13-14-18(20)19-17(4-2)15-16-21-19/h15-16,18,20H,3-14H2,1-2H3. The molecule has 21 heavy (non-hydrogen) atoms. The van der Waals surface area contributed by atoms with Crippen molar-refractivity contribution in [2.45, 2.75) is 97.0 Å². The van der Waals surface area contributed by atoms with Gasteiger partial charge in [-0.15, -0.1) is 11.3 Å². The highest BCUT2D eigenvalue weighted by molar-refractivity contribution is 7.10. The molecule has 0 fully saturated rings. The molecule has 0 radical (unpaired) electrons. The summed E-state index contributed by atoms with van der Waals surface area (Å²) in [6.07, 6.45) is 15.3. The molecule has 1 aromatic rings. The molecule has 0 aromatic carbocycles. The molecule has 0 bridgehead atoms. The van der Waals surface area contributed by atoms with Crippen LogP contribution in [0.3, 0.4) is 0 Å². The number of aryl methyl sites for hydroxylation is 1. The zero-order chi connectivity index (χ0) is 15.3. The fourth-order valence-corrected chi connectivity index (χ4v) is 3.91. The van der Waals surface area contributed by atoms with Gasteiger partial charge in [-0.3, -0.25) is 0 Å². The highest BCUT2D eigenvalue weighted by Crippen LogP contribution is 2.28. The minimum Gasteiger partial charge on any atom is -0.388 e. The molecule has 0 aliphatic rings. The topological polar surface area (TPSA) is 20.2 Å². The van der Waals surface area contributed by atoms with Crippen LogP contribution in [0.25, 0.3) is 0 Å². The zero-order valence-electron chi connectivity index (χ0n) is 14.1. The van der Waals surface area contributed by atoms with E-state index >= 15 is 0 Å². The average molecular weight is 311 g/mol. The fourth-order valence-electron chi connectivity index (χ4n) is 2.89. The van der Waals surface area contributed by atoms with Crippen LogP contribution in [0, 0.1) is 0 Å². The summed E-state index contributed by atoms with van der Waals surface area (Å²) in [5.74, 6) is 0. The van der Waals surface area contributed by atoms with Gasteiger partial charge >= 0.3 is 0 Å². The minimum absolute atomic E-state index is 0.228. The van der Waals surface area contributed by atoms with E-state index in [1.54, 1.807) is 11.3 Å². The van der Waals surface area contributed by atoms with Gasteiger partial charge in [0.25, 0.3) is 0 Å². The van der Waals surface area contributed by atoms with Crippen molar-refractivity contribution in [3.63, 3.8) is 0 Å². The Balaban J connectivity index is 1.97. The van der Waals surface area contributed by atoms with E-state index in [1.165, 1.54) is 68.2 Å². The number of hydrogen-bond donors (Lipinski definition) is 1. The summed E-state index contributed by atoms with van der Waals surface area (Å²) in [5.41, 5.74) is 1.33. The first-order valence-electron chi connectivity index (χ1n) is 9.03. The Labute approximate surface area is 135 Å². The molecule has 1 N–H and O–H groups in total. The maximum atomic E-state index is 10.3. The van der Waals surface area contributed by atoms with Crippen LogP contribution < -0.4 is 0 Å². The molecule has 0 saturated heterocycles. The molecule has 1 unspecified atom stereocenters. The Hall–Kier alpha value is -0.340. The van der Waals surface area contributed by atoms with E-state index in [-0.39, 0.29) is 6.10 Å². The molecule has 1 rings (SSSR count). The number of aliphatic hydroxyl groups excluding tert-OH is 1. The van der Waals surface area contributed by atoms with Crippen molar-refractivity contribution < 1.29 is 5.11 Å². The summed E-state index contributed by atoms with van der Waals surface area (Å²) in [6, 6.07) is 2.15. The van der Waals surface area contributed by atoms with E-state index < -0.39 is 0 Å². The van der Waals surface area contributed by atoms with Crippen molar-refractivity contribution in [1.82, 2.24) is 0 Å². The van der Waals surface area contributed by atoms with E-state index in [4.69, 9.17) is 0 Å². The van der Waals surface area contributed by atoms with E-state index in [2.05, 4.69) is 25.3 Å². The summed E-state index contributed by atoms with van der Waals surface area (Å²) >= 11 is 1.71. The minimum atomic E-state index is -0.228. The number of unbranched alkanes of at least 4 members (excludes halogenated alkanes) is 9. The van der Waals surface area contributed by atoms with Crippen LogP contribution in [0.1, 0.15) is 101 Å². The SMILES string of the molecule is CCCCCCCCCCCCC(O)c1sccc1CC. The second-order valence-electron chi connectivity index (χ2n) is 6.15. The largest absolute Gasteiger partial charge is 0.388 e. The van der Waals surface area contributed by atoms with Crippen molar-refractivity contribution >= 4 is 11.3 Å². The maximum absolute atomic E-state index is 10.3. The molecular weight excluding hydrogens is 276 g/mol. The molecule has 0 saturated carbocycles. The molecule has 0 amide bonds. The predicted molar refractivity (Wildman–Crippen MR) is 95.1 cm³/mol. The Morgan fingerprint density at radius 1 is 0.905 bits per heavy atom. The van der Waals surface area contributed by atoms with Crippen molar-refractivity contribution in [2.24, 2.45) is 0 Å². The van der Waals surface area contributed by atoms with Crippen LogP contribution in [0.15, 0.2) is 11.4 Å². The van der Waals surface area contributed by atoms with Crippen LogP contribution in [0.2, 0.25) is 0 Å². The lowest BCUT2D eigenvalue weighted by atomic mass is 10.0. The fraction of sp³-hybridized carbons (Fsp3) is 0.789. The van der Waals surface area contributed by atoms with E-state index in [0.29, 0.717) is 0 Å². The smallest absolute Gasteiger partial charge is 0.0884 e. The normalized spacial score (nSPS) is 12.7. The Kier molecular flexibility index (Phi) is 10.9. The van der Waals surface area contributed by atoms with Crippen LogP contribution in [-0.4, -0.2) is 5.11 Å². The van der Waals surface area contributed by atoms with Crippen LogP contribution in [0.5, 0.6) is 0 Å². The summed E-state index contributed by atoms with van der Waals surface area (Å²) in [6.45, 7) is 4.44. The van der Waals surface area contributed by atoms with Crippen molar-refractivity contribution in [3.8, 4) is 0 Å². The summed E-state index contributed by atoms with van der Waals surface area (Å²) in [7, 11) is 0. The van der Waals surface area contributed by atoms with Crippen LogP contribution in [0.4, 0.5) is 0 Å². The first-order valence-corrected chi connectivity index (χ1v) is 9.91. The van der Waals surface area contributed by atoms with Crippen molar-refractivity contribution in [2.75, 3.05) is 0 Å². The molecule has 0 aliphatic heterocycles. The first-order chi connectivity index (χ1) is 10.3. The molecule has 122 valence electrons. The van der Waals surface area contributed by atoms with Gasteiger partial charge in [-0.2, -0.15) is 0 Å². The molecule has 1 aromatic heterocycles. The quantitative estimate of drug-likeness (QED) is 0.404. The second-order valence-corrected chi connectivity index (χ2v) is 7.10. The maximum Gasteiger partial charge on any atom is 0.0884 e. The summed E-state index contributed by atoms with van der Waals surface area (Å²) < 4.78 is 0. The Bertz CT molecular complexity index is 345. The van der Waals surface area contributed by atoms with Crippen molar-refractivity contribution in [1.29, 1.82) is 0 Å². The highest BCUT2D eigenvalue weighted by Gasteiger charge is 2.12. The highest BCUT2D eigenvalue weighted by atomic mass is 32.1. The lowest BCUT2D eigenvalue weighted by Gasteiger charge is -2.10. The van der Waals surface area contributed by atoms with Gasteiger partial charge in [0.2, 0.25) is 0 Å². The zero-order valence-corrected chi connectivity index (χ0v) is 14.9. The van der Waals surface area contributed by atoms with Gasteiger partial charge in [-0.1, -0.05) is 78.1 Å². The van der Waals surface area contributed by atoms with Gasteiger partial charge in [0, 0.05) is 4.88 Å². The Morgan fingerprint density at radius 2 is 1.48 bits per heavy atom. The Morgan fingerprint density at radius 3 is 2.05 bits per heavy atom. The van der Waals surface area contributed by atoms with Gasteiger partial charge in [0.15, 0.2) is 0 Å². The average Bonchev–Trinajstić information content (AvgIpc) is 2.97. The number of hydrogen-bond acceptors (Lipinski definition) is 2. The first kappa shape index (κ1) is 18.7. The molecule has 1 heterocycles. The third kappa shape index (κ3) is 8.01. The van der Waals surface area contributed by atoms with Crippen LogP contribution >= 0.6 is 11.3 Å². The van der Waals surface area contributed by atoms with E-state index in [1.807, 2.05) is 0 Å². The number of aliphatic hydroxyl groups is 1. The number of rotatable bonds is 13.